The van der Waals surface area contributed by atoms with E-state index in [9.17, 15) is 4.79 Å². The van der Waals surface area contributed by atoms with Gasteiger partial charge in [-0.3, -0.25) is 9.20 Å². The average molecular weight is 413 g/mol. The summed E-state index contributed by atoms with van der Waals surface area (Å²) in [5, 5.41) is 5.09. The second-order valence-corrected chi connectivity index (χ2v) is 8.15. The molecule has 0 spiro atoms. The highest BCUT2D eigenvalue weighted by Crippen LogP contribution is 2.24. The first-order chi connectivity index (χ1) is 14.1. The van der Waals surface area contributed by atoms with Crippen LogP contribution in [-0.4, -0.2) is 46.4 Å². The molecule has 0 radical (unpaired) electrons. The third kappa shape index (κ3) is 5.67. The SMILES string of the molecule is CCc1ccc(-c2cn3c(CC(=O)NCCCCN(CC)CC)csc3n2)cc1. The number of imidazole rings is 1. The highest BCUT2D eigenvalue weighted by Gasteiger charge is 2.12. The number of nitrogens with zero attached hydrogens (tertiary/aromatic N) is 3. The third-order valence-corrected chi connectivity index (χ3v) is 6.29. The Morgan fingerprint density at radius 2 is 1.90 bits per heavy atom. The Kier molecular flexibility index (Phi) is 7.83. The summed E-state index contributed by atoms with van der Waals surface area (Å²) in [5.41, 5.74) is 4.39. The Bertz CT molecular complexity index is 909. The maximum absolute atomic E-state index is 12.4. The number of thiazole rings is 1. The molecule has 29 heavy (non-hydrogen) atoms. The third-order valence-electron chi connectivity index (χ3n) is 5.40. The fourth-order valence-electron chi connectivity index (χ4n) is 3.46. The molecular formula is C23H32N4OS. The fraction of sp³-hybridized carbons (Fsp3) is 0.478. The molecular weight excluding hydrogens is 380 g/mol. The van der Waals surface area contributed by atoms with Crippen molar-refractivity contribution in [3.63, 3.8) is 0 Å². The molecule has 1 amide bonds. The fourth-order valence-corrected chi connectivity index (χ4v) is 4.33. The number of hydrogen-bond donors (Lipinski definition) is 1. The van der Waals surface area contributed by atoms with Gasteiger partial charge in [0.25, 0.3) is 0 Å². The van der Waals surface area contributed by atoms with E-state index < -0.39 is 0 Å². The van der Waals surface area contributed by atoms with Gasteiger partial charge in [-0.2, -0.15) is 0 Å². The lowest BCUT2D eigenvalue weighted by Crippen LogP contribution is -2.28. The van der Waals surface area contributed by atoms with Gasteiger partial charge in [0.05, 0.1) is 12.1 Å². The monoisotopic (exact) mass is 412 g/mol. The Morgan fingerprint density at radius 3 is 2.59 bits per heavy atom. The number of fused-ring (bicyclic) bond motifs is 1. The van der Waals surface area contributed by atoms with Crippen LogP contribution >= 0.6 is 11.3 Å². The van der Waals surface area contributed by atoms with Gasteiger partial charge in [-0.05, 0) is 44.5 Å². The van der Waals surface area contributed by atoms with Crippen molar-refractivity contribution in [2.45, 2.75) is 46.5 Å². The summed E-state index contributed by atoms with van der Waals surface area (Å²) in [5.74, 6) is 0.0788. The molecule has 5 nitrogen and oxygen atoms in total. The van der Waals surface area contributed by atoms with Crippen molar-refractivity contribution in [1.82, 2.24) is 19.6 Å². The van der Waals surface area contributed by atoms with Crippen LogP contribution in [0.3, 0.4) is 0 Å². The summed E-state index contributed by atoms with van der Waals surface area (Å²) in [6, 6.07) is 8.54. The first-order valence-corrected chi connectivity index (χ1v) is 11.6. The standard InChI is InChI=1S/C23H32N4OS/c1-4-18-9-11-19(12-10-18)21-16-27-20(17-29-23(27)25-21)15-22(28)24-13-7-8-14-26(5-2)6-3/h9-12,16-17H,4-8,13-15H2,1-3H3,(H,24,28). The van der Waals surface area contributed by atoms with E-state index in [2.05, 4.69) is 55.3 Å². The van der Waals surface area contributed by atoms with Crippen molar-refractivity contribution in [2.24, 2.45) is 0 Å². The van der Waals surface area contributed by atoms with Gasteiger partial charge in [0.2, 0.25) is 5.91 Å². The summed E-state index contributed by atoms with van der Waals surface area (Å²) in [6.45, 7) is 10.6. The van der Waals surface area contributed by atoms with Crippen molar-refractivity contribution in [2.75, 3.05) is 26.2 Å². The van der Waals surface area contributed by atoms with Crippen LogP contribution in [0.4, 0.5) is 0 Å². The predicted molar refractivity (Wildman–Crippen MR) is 122 cm³/mol. The predicted octanol–water partition coefficient (Wildman–Crippen LogP) is 4.41. The molecule has 0 aliphatic heterocycles. The molecule has 0 saturated carbocycles. The number of aromatic nitrogens is 2. The van der Waals surface area contributed by atoms with Crippen molar-refractivity contribution >= 4 is 22.2 Å². The van der Waals surface area contributed by atoms with Crippen molar-refractivity contribution in [3.05, 3.63) is 47.1 Å². The summed E-state index contributed by atoms with van der Waals surface area (Å²) >= 11 is 1.59. The zero-order valence-corrected chi connectivity index (χ0v) is 18.6. The Hall–Kier alpha value is -2.18. The Balaban J connectivity index is 1.53. The number of carbonyl (C=O) groups is 1. The van der Waals surface area contributed by atoms with E-state index in [0.29, 0.717) is 6.42 Å². The van der Waals surface area contributed by atoms with Gasteiger partial charge in [-0.1, -0.05) is 45.0 Å². The molecule has 3 rings (SSSR count). The number of rotatable bonds is 11. The van der Waals surface area contributed by atoms with Gasteiger partial charge >= 0.3 is 0 Å². The van der Waals surface area contributed by atoms with Gasteiger partial charge in [0.1, 0.15) is 0 Å². The zero-order valence-electron chi connectivity index (χ0n) is 17.8. The molecule has 0 unspecified atom stereocenters. The minimum atomic E-state index is 0.0788. The maximum atomic E-state index is 12.4. The Labute approximate surface area is 177 Å². The number of carbonyl (C=O) groups excluding carboxylic acids is 1. The number of benzene rings is 1. The molecule has 0 aliphatic carbocycles. The van der Waals surface area contributed by atoms with Crippen molar-refractivity contribution in [1.29, 1.82) is 0 Å². The molecule has 1 aromatic carbocycles. The number of amides is 1. The lowest BCUT2D eigenvalue weighted by Gasteiger charge is -2.17. The number of nitrogens with one attached hydrogen (secondary N) is 1. The van der Waals surface area contributed by atoms with E-state index in [1.54, 1.807) is 11.3 Å². The molecule has 0 bridgehead atoms. The summed E-state index contributed by atoms with van der Waals surface area (Å²) < 4.78 is 2.05. The van der Waals surface area contributed by atoms with Crippen LogP contribution in [-0.2, 0) is 17.6 Å². The van der Waals surface area contributed by atoms with Crippen LogP contribution in [0.2, 0.25) is 0 Å². The highest BCUT2D eigenvalue weighted by molar-refractivity contribution is 7.15. The minimum absolute atomic E-state index is 0.0788. The lowest BCUT2D eigenvalue weighted by molar-refractivity contribution is -0.120. The first-order valence-electron chi connectivity index (χ1n) is 10.7. The summed E-state index contributed by atoms with van der Waals surface area (Å²) in [7, 11) is 0. The lowest BCUT2D eigenvalue weighted by atomic mass is 10.1. The molecule has 0 aliphatic rings. The normalized spacial score (nSPS) is 11.4. The van der Waals surface area contributed by atoms with E-state index >= 15 is 0 Å². The number of hydrogen-bond acceptors (Lipinski definition) is 4. The molecule has 0 saturated heterocycles. The quantitative estimate of drug-likeness (QED) is 0.475. The zero-order chi connectivity index (χ0) is 20.6. The minimum Gasteiger partial charge on any atom is -0.356 e. The Morgan fingerprint density at radius 1 is 1.14 bits per heavy atom. The van der Waals surface area contributed by atoms with Crippen LogP contribution in [0.15, 0.2) is 35.8 Å². The molecule has 156 valence electrons. The summed E-state index contributed by atoms with van der Waals surface area (Å²) in [4.78, 5) is 20.4. The van der Waals surface area contributed by atoms with Crippen LogP contribution in [0.5, 0.6) is 0 Å². The van der Waals surface area contributed by atoms with Crippen molar-refractivity contribution < 1.29 is 4.79 Å². The smallest absolute Gasteiger partial charge is 0.225 e. The maximum Gasteiger partial charge on any atom is 0.225 e. The van der Waals surface area contributed by atoms with Crippen LogP contribution in [0.25, 0.3) is 16.2 Å². The van der Waals surface area contributed by atoms with Gasteiger partial charge in [0.15, 0.2) is 4.96 Å². The van der Waals surface area contributed by atoms with Crippen LogP contribution in [0, 0.1) is 0 Å². The van der Waals surface area contributed by atoms with Gasteiger partial charge in [0, 0.05) is 29.4 Å². The van der Waals surface area contributed by atoms with E-state index in [1.807, 2.05) is 16.0 Å². The van der Waals surface area contributed by atoms with E-state index in [1.165, 1.54) is 5.56 Å². The van der Waals surface area contributed by atoms with E-state index in [4.69, 9.17) is 4.98 Å². The molecule has 2 heterocycles. The average Bonchev–Trinajstić information content (AvgIpc) is 3.33. The molecule has 6 heteroatoms. The van der Waals surface area contributed by atoms with Gasteiger partial charge < -0.3 is 10.2 Å². The molecule has 1 N–H and O–H groups in total. The molecule has 2 aromatic heterocycles. The second-order valence-electron chi connectivity index (χ2n) is 7.32. The molecule has 3 aromatic rings. The van der Waals surface area contributed by atoms with Gasteiger partial charge in [-0.15, -0.1) is 11.3 Å². The van der Waals surface area contributed by atoms with E-state index in [-0.39, 0.29) is 5.91 Å². The molecule has 0 atom stereocenters. The number of unbranched alkanes of at least 4 members (excludes halogenated alkanes) is 1. The summed E-state index contributed by atoms with van der Waals surface area (Å²) in [6.07, 6.45) is 5.60. The largest absolute Gasteiger partial charge is 0.356 e. The van der Waals surface area contributed by atoms with E-state index in [0.717, 1.165) is 67.4 Å². The van der Waals surface area contributed by atoms with Gasteiger partial charge in [-0.25, -0.2) is 4.98 Å². The first kappa shape index (κ1) is 21.5. The topological polar surface area (TPSA) is 49.6 Å². The highest BCUT2D eigenvalue weighted by atomic mass is 32.1. The number of aryl methyl sites for hydroxylation is 1. The second kappa shape index (κ2) is 10.6. The van der Waals surface area contributed by atoms with Crippen LogP contribution in [0.1, 0.15) is 44.9 Å². The van der Waals surface area contributed by atoms with Crippen molar-refractivity contribution in [3.8, 4) is 11.3 Å². The molecule has 0 fully saturated rings. The van der Waals surface area contributed by atoms with Crippen LogP contribution < -0.4 is 5.32 Å².